The zero-order chi connectivity index (χ0) is 21.3. The predicted octanol–water partition coefficient (Wildman–Crippen LogP) is 2.07. The molecule has 1 aliphatic rings. The number of amides is 3. The van der Waals surface area contributed by atoms with E-state index in [4.69, 9.17) is 0 Å². The maximum absolute atomic E-state index is 12.6. The predicted molar refractivity (Wildman–Crippen MR) is 105 cm³/mol. The van der Waals surface area contributed by atoms with E-state index in [9.17, 15) is 24.5 Å². The van der Waals surface area contributed by atoms with Gasteiger partial charge in [0.1, 0.15) is 12.1 Å². The van der Waals surface area contributed by atoms with Crippen LogP contribution in [0.1, 0.15) is 26.3 Å². The van der Waals surface area contributed by atoms with Gasteiger partial charge in [0, 0.05) is 30.7 Å². The Kier molecular flexibility index (Phi) is 4.80. The Bertz CT molecular complexity index is 1170. The molecular weight excluding hydrogens is 390 g/mol. The van der Waals surface area contributed by atoms with E-state index in [1.807, 2.05) is 16.8 Å². The van der Waals surface area contributed by atoms with Gasteiger partial charge >= 0.3 is 0 Å². The molecule has 150 valence electrons. The van der Waals surface area contributed by atoms with Crippen LogP contribution in [0.2, 0.25) is 0 Å². The number of benzene rings is 2. The third kappa shape index (κ3) is 3.53. The molecule has 1 N–H and O–H groups in total. The number of fused-ring (bicyclic) bond motifs is 1. The summed E-state index contributed by atoms with van der Waals surface area (Å²) in [7, 11) is 0. The quantitative estimate of drug-likeness (QED) is 0.380. The number of nitrogens with one attached hydrogen (secondary N) is 1. The fraction of sp³-hybridized carbons (Fsp3) is 0.100. The fourth-order valence-corrected chi connectivity index (χ4v) is 3.29. The Morgan fingerprint density at radius 1 is 1.13 bits per heavy atom. The topological polar surface area (TPSA) is 127 Å². The highest BCUT2D eigenvalue weighted by Gasteiger charge is 2.41. The summed E-state index contributed by atoms with van der Waals surface area (Å²) in [5.41, 5.74) is 0.593. The highest BCUT2D eigenvalue weighted by atomic mass is 16.6. The molecule has 0 radical (unpaired) electrons. The van der Waals surface area contributed by atoms with Crippen molar-refractivity contribution in [1.82, 2.24) is 14.5 Å². The first kappa shape index (κ1) is 19.0. The van der Waals surface area contributed by atoms with Gasteiger partial charge in [-0.2, -0.15) is 0 Å². The largest absolute Gasteiger partial charge is 0.333 e. The minimum atomic E-state index is -0.855. The number of nitrogens with zero attached hydrogens (tertiary/aromatic N) is 4. The van der Waals surface area contributed by atoms with Crippen LogP contribution in [0.4, 0.5) is 11.4 Å². The molecular formula is C20H15N5O5. The molecule has 0 saturated carbocycles. The van der Waals surface area contributed by atoms with E-state index in [0.29, 0.717) is 17.1 Å². The minimum Gasteiger partial charge on any atom is -0.333 e. The van der Waals surface area contributed by atoms with Gasteiger partial charge in [-0.3, -0.25) is 29.4 Å². The van der Waals surface area contributed by atoms with Crippen molar-refractivity contribution in [3.05, 3.63) is 88.0 Å². The Balaban J connectivity index is 1.47. The highest BCUT2D eigenvalue weighted by molar-refractivity contribution is 6.24. The molecule has 3 aromatic rings. The monoisotopic (exact) mass is 405 g/mol. The smallest absolute Gasteiger partial charge is 0.282 e. The van der Waals surface area contributed by atoms with Crippen LogP contribution in [-0.2, 0) is 11.3 Å². The van der Waals surface area contributed by atoms with E-state index < -0.39 is 34.9 Å². The molecule has 0 bridgehead atoms. The SMILES string of the molecule is O=C(CN1C(=O)c2cccc([N+](=O)[O-])c2C1=O)Nc1cccc(Cn2ccnc2)c1. The van der Waals surface area contributed by atoms with Gasteiger partial charge in [0.25, 0.3) is 17.5 Å². The molecule has 0 aliphatic carbocycles. The number of carbonyl (C=O) groups is 3. The first-order valence-corrected chi connectivity index (χ1v) is 8.92. The van der Waals surface area contributed by atoms with Crippen LogP contribution in [0, 0.1) is 10.1 Å². The average molecular weight is 405 g/mol. The van der Waals surface area contributed by atoms with Crippen molar-refractivity contribution >= 4 is 29.1 Å². The third-order valence-corrected chi connectivity index (χ3v) is 4.61. The summed E-state index contributed by atoms with van der Waals surface area (Å²) in [4.78, 5) is 52.6. The standard InChI is InChI=1S/C20H15N5O5/c26-17(22-14-4-1-3-13(9-14)10-23-8-7-21-12-23)11-24-19(27)15-5-2-6-16(25(29)30)18(15)20(24)28/h1-9,12H,10-11H2,(H,22,26). The van der Waals surface area contributed by atoms with Crippen LogP contribution < -0.4 is 5.32 Å². The van der Waals surface area contributed by atoms with E-state index >= 15 is 0 Å². The maximum Gasteiger partial charge on any atom is 0.282 e. The highest BCUT2D eigenvalue weighted by Crippen LogP contribution is 2.30. The van der Waals surface area contributed by atoms with Crippen molar-refractivity contribution in [2.24, 2.45) is 0 Å². The minimum absolute atomic E-state index is 0.0793. The molecule has 30 heavy (non-hydrogen) atoms. The first-order valence-electron chi connectivity index (χ1n) is 8.92. The van der Waals surface area contributed by atoms with Gasteiger partial charge in [-0.05, 0) is 23.8 Å². The van der Waals surface area contributed by atoms with Crippen LogP contribution in [0.5, 0.6) is 0 Å². The number of hydrogen-bond donors (Lipinski definition) is 1. The summed E-state index contributed by atoms with van der Waals surface area (Å²) in [6.07, 6.45) is 5.15. The van der Waals surface area contributed by atoms with E-state index in [1.165, 1.54) is 12.1 Å². The van der Waals surface area contributed by atoms with E-state index in [2.05, 4.69) is 10.3 Å². The Hall–Kier alpha value is -4.34. The van der Waals surface area contributed by atoms with E-state index in [0.717, 1.165) is 11.6 Å². The van der Waals surface area contributed by atoms with E-state index in [1.54, 1.807) is 30.7 Å². The van der Waals surface area contributed by atoms with Crippen LogP contribution in [0.3, 0.4) is 0 Å². The number of rotatable bonds is 6. The van der Waals surface area contributed by atoms with Crippen molar-refractivity contribution in [2.45, 2.75) is 6.54 Å². The molecule has 1 aromatic heterocycles. The number of aromatic nitrogens is 2. The summed E-state index contributed by atoms with van der Waals surface area (Å²) in [5, 5.41) is 13.8. The molecule has 0 fully saturated rings. The summed E-state index contributed by atoms with van der Waals surface area (Å²) in [6.45, 7) is 0.0149. The summed E-state index contributed by atoms with van der Waals surface area (Å²) in [5.74, 6) is -2.18. The molecule has 2 heterocycles. The molecule has 0 spiro atoms. The molecule has 2 aromatic carbocycles. The number of hydrogen-bond acceptors (Lipinski definition) is 6. The molecule has 10 nitrogen and oxygen atoms in total. The summed E-state index contributed by atoms with van der Waals surface area (Å²) >= 11 is 0. The number of nitro benzene ring substituents is 1. The molecule has 4 rings (SSSR count). The van der Waals surface area contributed by atoms with Crippen molar-refractivity contribution < 1.29 is 19.3 Å². The van der Waals surface area contributed by atoms with Gasteiger partial charge in [0.15, 0.2) is 0 Å². The van der Waals surface area contributed by atoms with Crippen molar-refractivity contribution in [3.8, 4) is 0 Å². The number of nitro groups is 1. The lowest BCUT2D eigenvalue weighted by Gasteiger charge is -2.14. The van der Waals surface area contributed by atoms with E-state index in [-0.39, 0.29) is 11.1 Å². The molecule has 0 saturated heterocycles. The number of anilines is 1. The van der Waals surface area contributed by atoms with Gasteiger partial charge < -0.3 is 9.88 Å². The number of imide groups is 1. The van der Waals surface area contributed by atoms with Gasteiger partial charge in [-0.15, -0.1) is 0 Å². The summed E-state index contributed by atoms with van der Waals surface area (Å²) < 4.78 is 1.87. The van der Waals surface area contributed by atoms with Gasteiger partial charge in [0.2, 0.25) is 5.91 Å². The molecule has 0 unspecified atom stereocenters. The molecule has 10 heteroatoms. The van der Waals surface area contributed by atoms with Crippen molar-refractivity contribution in [2.75, 3.05) is 11.9 Å². The van der Waals surface area contributed by atoms with Gasteiger partial charge in [-0.25, -0.2) is 4.98 Å². The number of carbonyl (C=O) groups excluding carboxylic acids is 3. The Morgan fingerprint density at radius 2 is 1.93 bits per heavy atom. The normalized spacial score (nSPS) is 12.7. The molecule has 1 aliphatic heterocycles. The van der Waals surface area contributed by atoms with Crippen LogP contribution >= 0.6 is 0 Å². The fourth-order valence-electron chi connectivity index (χ4n) is 3.29. The lowest BCUT2D eigenvalue weighted by molar-refractivity contribution is -0.385. The second-order valence-electron chi connectivity index (χ2n) is 6.64. The van der Waals surface area contributed by atoms with Crippen LogP contribution in [-0.4, -0.2) is 43.6 Å². The van der Waals surface area contributed by atoms with Crippen molar-refractivity contribution in [1.29, 1.82) is 0 Å². The van der Waals surface area contributed by atoms with Crippen LogP contribution in [0.25, 0.3) is 0 Å². The third-order valence-electron chi connectivity index (χ3n) is 4.61. The lowest BCUT2D eigenvalue weighted by atomic mass is 10.1. The second kappa shape index (κ2) is 7.59. The zero-order valence-corrected chi connectivity index (χ0v) is 15.5. The molecule has 0 atom stereocenters. The van der Waals surface area contributed by atoms with Crippen molar-refractivity contribution in [3.63, 3.8) is 0 Å². The summed E-state index contributed by atoms with van der Waals surface area (Å²) in [6, 6.07) is 10.9. The lowest BCUT2D eigenvalue weighted by Crippen LogP contribution is -2.37. The number of imidazole rings is 1. The first-order chi connectivity index (χ1) is 14.4. The second-order valence-corrected chi connectivity index (χ2v) is 6.64. The zero-order valence-electron chi connectivity index (χ0n) is 15.5. The molecule has 3 amide bonds. The average Bonchev–Trinajstić information content (AvgIpc) is 3.31. The Morgan fingerprint density at radius 3 is 2.67 bits per heavy atom. The maximum atomic E-state index is 12.6. The Labute approximate surface area is 169 Å². The van der Waals surface area contributed by atoms with Gasteiger partial charge in [0.05, 0.1) is 16.8 Å². The van der Waals surface area contributed by atoms with Gasteiger partial charge in [-0.1, -0.05) is 18.2 Å². The van der Waals surface area contributed by atoms with Crippen LogP contribution in [0.15, 0.2) is 61.2 Å².